The lowest BCUT2D eigenvalue weighted by atomic mass is 10.1. The molecular weight excluding hydrogens is 303 g/mol. The van der Waals surface area contributed by atoms with Gasteiger partial charge in [-0.1, -0.05) is 23.2 Å². The van der Waals surface area contributed by atoms with E-state index in [0.29, 0.717) is 22.2 Å². The predicted molar refractivity (Wildman–Crippen MR) is 79.2 cm³/mol. The number of benzene rings is 1. The molecule has 0 atom stereocenters. The van der Waals surface area contributed by atoms with E-state index < -0.39 is 0 Å². The number of thiazole rings is 1. The number of Topliss-reactive ketones (excluding diaryl/α,β-unsaturated/α-hetero) is 1. The Morgan fingerprint density at radius 3 is 2.89 bits per heavy atom. The summed E-state index contributed by atoms with van der Waals surface area (Å²) in [6.07, 6.45) is 0. The van der Waals surface area contributed by atoms with Crippen LogP contribution in [-0.4, -0.2) is 29.3 Å². The molecule has 100 valence electrons. The van der Waals surface area contributed by atoms with Crippen molar-refractivity contribution in [2.24, 2.45) is 0 Å². The van der Waals surface area contributed by atoms with Crippen LogP contribution < -0.4 is 0 Å². The van der Waals surface area contributed by atoms with Crippen LogP contribution in [0.3, 0.4) is 0 Å². The number of hydrogen-bond donors (Lipinski definition) is 0. The van der Waals surface area contributed by atoms with Gasteiger partial charge in [0.1, 0.15) is 0 Å². The Hall–Kier alpha value is -0.940. The molecule has 3 nitrogen and oxygen atoms in total. The summed E-state index contributed by atoms with van der Waals surface area (Å²) in [4.78, 5) is 18.2. The summed E-state index contributed by atoms with van der Waals surface area (Å²) in [7, 11) is 1.87. The first-order chi connectivity index (χ1) is 9.06. The van der Waals surface area contributed by atoms with Crippen LogP contribution in [0.1, 0.15) is 16.1 Å². The van der Waals surface area contributed by atoms with Gasteiger partial charge in [-0.25, -0.2) is 4.98 Å². The van der Waals surface area contributed by atoms with E-state index in [1.165, 1.54) is 11.3 Å². The molecule has 0 bridgehead atoms. The third-order valence-corrected chi connectivity index (χ3v) is 3.76. The van der Waals surface area contributed by atoms with Crippen molar-refractivity contribution in [2.45, 2.75) is 6.54 Å². The highest BCUT2D eigenvalue weighted by molar-refractivity contribution is 7.07. The fraction of sp³-hybridized carbons (Fsp3) is 0.231. The minimum atomic E-state index is -0.0507. The molecule has 0 saturated heterocycles. The summed E-state index contributed by atoms with van der Waals surface area (Å²) >= 11 is 13.4. The van der Waals surface area contributed by atoms with Gasteiger partial charge in [-0.3, -0.25) is 9.69 Å². The Kier molecular flexibility index (Phi) is 4.93. The zero-order valence-corrected chi connectivity index (χ0v) is 12.6. The molecule has 0 aliphatic rings. The zero-order valence-electron chi connectivity index (χ0n) is 10.3. The Labute approximate surface area is 125 Å². The molecule has 2 rings (SSSR count). The lowest BCUT2D eigenvalue weighted by molar-refractivity contribution is 0.0942. The van der Waals surface area contributed by atoms with Gasteiger partial charge < -0.3 is 0 Å². The highest BCUT2D eigenvalue weighted by Gasteiger charge is 2.14. The summed E-state index contributed by atoms with van der Waals surface area (Å²) in [5.41, 5.74) is 3.19. The molecule has 2 aromatic rings. The standard InChI is InChI=1S/C13H12Cl2N2OS/c1-17(5-10-7-19-8-16-10)6-13(18)11-4-9(14)2-3-12(11)15/h2-4,7-8H,5-6H2,1H3. The Morgan fingerprint density at radius 1 is 1.42 bits per heavy atom. The van der Waals surface area contributed by atoms with Crippen molar-refractivity contribution in [2.75, 3.05) is 13.6 Å². The molecule has 0 radical (unpaired) electrons. The van der Waals surface area contributed by atoms with Gasteiger partial charge in [-0.2, -0.15) is 0 Å². The Balaban J connectivity index is 2.02. The van der Waals surface area contributed by atoms with Crippen LogP contribution in [0.5, 0.6) is 0 Å². The number of rotatable bonds is 5. The molecular formula is C13H12Cl2N2OS. The van der Waals surface area contributed by atoms with E-state index in [1.54, 1.807) is 23.7 Å². The molecule has 0 aliphatic carbocycles. The van der Waals surface area contributed by atoms with Gasteiger partial charge in [0.15, 0.2) is 5.78 Å². The second-order valence-electron chi connectivity index (χ2n) is 4.20. The summed E-state index contributed by atoms with van der Waals surface area (Å²) in [5, 5.41) is 2.90. The van der Waals surface area contributed by atoms with E-state index in [0.717, 1.165) is 5.69 Å². The van der Waals surface area contributed by atoms with E-state index in [2.05, 4.69) is 4.98 Å². The molecule has 6 heteroatoms. The lowest BCUT2D eigenvalue weighted by Crippen LogP contribution is -2.25. The smallest absolute Gasteiger partial charge is 0.178 e. The lowest BCUT2D eigenvalue weighted by Gasteiger charge is -2.14. The molecule has 0 N–H and O–H groups in total. The Morgan fingerprint density at radius 2 is 2.21 bits per heavy atom. The van der Waals surface area contributed by atoms with Crippen molar-refractivity contribution < 1.29 is 4.79 Å². The minimum Gasteiger partial charge on any atom is -0.293 e. The fourth-order valence-electron chi connectivity index (χ4n) is 1.69. The third-order valence-electron chi connectivity index (χ3n) is 2.56. The number of carbonyl (C=O) groups excluding carboxylic acids is 1. The zero-order chi connectivity index (χ0) is 13.8. The topological polar surface area (TPSA) is 33.2 Å². The summed E-state index contributed by atoms with van der Waals surface area (Å²) in [5.74, 6) is -0.0507. The first-order valence-corrected chi connectivity index (χ1v) is 7.30. The Bertz CT molecular complexity index is 572. The van der Waals surface area contributed by atoms with Crippen LogP contribution in [0, 0.1) is 0 Å². The van der Waals surface area contributed by atoms with Crippen molar-refractivity contribution in [1.29, 1.82) is 0 Å². The van der Waals surface area contributed by atoms with Crippen molar-refractivity contribution >= 4 is 40.3 Å². The fourth-order valence-corrected chi connectivity index (χ4v) is 2.63. The normalized spacial score (nSPS) is 10.9. The van der Waals surface area contributed by atoms with Crippen molar-refractivity contribution in [1.82, 2.24) is 9.88 Å². The monoisotopic (exact) mass is 314 g/mol. The van der Waals surface area contributed by atoms with Crippen LogP contribution in [0.25, 0.3) is 0 Å². The van der Waals surface area contributed by atoms with Gasteiger partial charge in [0, 0.05) is 22.5 Å². The molecule has 0 unspecified atom stereocenters. The summed E-state index contributed by atoms with van der Waals surface area (Å²) < 4.78 is 0. The number of nitrogens with zero attached hydrogens (tertiary/aromatic N) is 2. The van der Waals surface area contributed by atoms with Crippen LogP contribution in [0.15, 0.2) is 29.1 Å². The van der Waals surface area contributed by atoms with Crippen LogP contribution in [-0.2, 0) is 6.54 Å². The van der Waals surface area contributed by atoms with Crippen LogP contribution in [0.4, 0.5) is 0 Å². The molecule has 0 spiro atoms. The average molecular weight is 315 g/mol. The molecule has 1 heterocycles. The maximum absolute atomic E-state index is 12.2. The predicted octanol–water partition coefficient (Wildman–Crippen LogP) is 3.76. The SMILES string of the molecule is CN(CC(=O)c1cc(Cl)ccc1Cl)Cc1cscn1. The first kappa shape index (κ1) is 14.5. The number of carbonyl (C=O) groups is 1. The first-order valence-electron chi connectivity index (χ1n) is 5.60. The molecule has 1 aromatic heterocycles. The number of hydrogen-bond acceptors (Lipinski definition) is 4. The highest BCUT2D eigenvalue weighted by Crippen LogP contribution is 2.21. The number of ketones is 1. The van der Waals surface area contributed by atoms with E-state index in [9.17, 15) is 4.79 Å². The van der Waals surface area contributed by atoms with Crippen molar-refractivity contribution in [3.05, 3.63) is 50.4 Å². The highest BCUT2D eigenvalue weighted by atomic mass is 35.5. The third kappa shape index (κ3) is 4.01. The van der Waals surface area contributed by atoms with Gasteiger partial charge in [0.2, 0.25) is 0 Å². The van der Waals surface area contributed by atoms with Gasteiger partial charge in [0.05, 0.1) is 22.8 Å². The minimum absolute atomic E-state index is 0.0507. The second kappa shape index (κ2) is 6.48. The molecule has 0 amide bonds. The number of aromatic nitrogens is 1. The van der Waals surface area contributed by atoms with Gasteiger partial charge in [0.25, 0.3) is 0 Å². The van der Waals surface area contributed by atoms with Gasteiger partial charge >= 0.3 is 0 Å². The average Bonchev–Trinajstić information content (AvgIpc) is 2.84. The molecule has 0 aliphatic heterocycles. The van der Waals surface area contributed by atoms with Gasteiger partial charge in [-0.15, -0.1) is 11.3 Å². The quantitative estimate of drug-likeness (QED) is 0.788. The number of halogens is 2. The van der Waals surface area contributed by atoms with Gasteiger partial charge in [-0.05, 0) is 25.2 Å². The molecule has 1 aromatic carbocycles. The van der Waals surface area contributed by atoms with Crippen LogP contribution >= 0.6 is 34.5 Å². The number of likely N-dealkylation sites (N-methyl/N-ethyl adjacent to an activating group) is 1. The molecule has 0 saturated carbocycles. The van der Waals surface area contributed by atoms with Crippen LogP contribution in [0.2, 0.25) is 10.0 Å². The molecule has 19 heavy (non-hydrogen) atoms. The summed E-state index contributed by atoms with van der Waals surface area (Å²) in [6, 6.07) is 4.90. The molecule has 0 fully saturated rings. The largest absolute Gasteiger partial charge is 0.293 e. The summed E-state index contributed by atoms with van der Waals surface area (Å²) in [6.45, 7) is 0.908. The van der Waals surface area contributed by atoms with Crippen molar-refractivity contribution in [3.63, 3.8) is 0 Å². The van der Waals surface area contributed by atoms with E-state index in [-0.39, 0.29) is 12.3 Å². The van der Waals surface area contributed by atoms with E-state index in [1.807, 2.05) is 17.3 Å². The maximum atomic E-state index is 12.2. The second-order valence-corrected chi connectivity index (χ2v) is 5.76. The van der Waals surface area contributed by atoms with E-state index >= 15 is 0 Å². The maximum Gasteiger partial charge on any atom is 0.178 e. The van der Waals surface area contributed by atoms with Crippen molar-refractivity contribution in [3.8, 4) is 0 Å². The van der Waals surface area contributed by atoms with E-state index in [4.69, 9.17) is 23.2 Å².